The maximum Gasteiger partial charge on any atom is 0.251 e. The van der Waals surface area contributed by atoms with Crippen LogP contribution in [0.2, 0.25) is 0 Å². The van der Waals surface area contributed by atoms with Gasteiger partial charge >= 0.3 is 0 Å². The normalized spacial score (nSPS) is 13.4. The Morgan fingerprint density at radius 2 is 1.52 bits per heavy atom. The quantitative estimate of drug-likeness (QED) is 0.649. The number of hydrogen-bond donors (Lipinski definition) is 2. The average Bonchev–Trinajstić information content (AvgIpc) is 3.22. The molecule has 4 rings (SSSR count). The topological polar surface area (TPSA) is 58.2 Å². The minimum atomic E-state index is -0.404. The number of anilines is 1. The molecule has 2 amide bonds. The van der Waals surface area contributed by atoms with Gasteiger partial charge in [-0.3, -0.25) is 9.59 Å². The summed E-state index contributed by atoms with van der Waals surface area (Å²) in [6.45, 7) is 0. The molecule has 2 N–H and O–H groups in total. The number of hydrogen-bond acceptors (Lipinski definition) is 2. The van der Waals surface area contributed by atoms with E-state index >= 15 is 0 Å². The van der Waals surface area contributed by atoms with Crippen LogP contribution in [0.4, 0.5) is 5.69 Å². The first-order valence-corrected chi connectivity index (χ1v) is 10.0. The van der Waals surface area contributed by atoms with Crippen molar-refractivity contribution >= 4 is 17.5 Å². The molecule has 1 aliphatic carbocycles. The summed E-state index contributed by atoms with van der Waals surface area (Å²) < 4.78 is 0. The maximum atomic E-state index is 12.8. The fraction of sp³-hybridized carbons (Fsp3) is 0.200. The van der Waals surface area contributed by atoms with Crippen molar-refractivity contribution in [2.75, 3.05) is 5.32 Å². The number of carbonyl (C=O) groups excluding carboxylic acids is 2. The predicted octanol–water partition coefficient (Wildman–Crippen LogP) is 4.68. The van der Waals surface area contributed by atoms with Crippen molar-refractivity contribution in [2.45, 2.75) is 31.7 Å². The zero-order valence-corrected chi connectivity index (χ0v) is 16.2. The van der Waals surface area contributed by atoms with E-state index in [4.69, 9.17) is 0 Å². The van der Waals surface area contributed by atoms with E-state index in [0.717, 1.165) is 24.1 Å². The molecule has 29 heavy (non-hydrogen) atoms. The molecule has 146 valence electrons. The minimum Gasteiger partial charge on any atom is -0.345 e. The first-order valence-electron chi connectivity index (χ1n) is 10.0. The van der Waals surface area contributed by atoms with Gasteiger partial charge in [0.05, 0.1) is 12.5 Å². The SMILES string of the molecule is O=C(C[C@H](NC(=O)c1ccccc1)c1ccccc1)Nc1ccc2c(c1)CCC2. The number of nitrogens with one attached hydrogen (secondary N) is 2. The van der Waals surface area contributed by atoms with Crippen molar-refractivity contribution in [1.29, 1.82) is 0 Å². The predicted molar refractivity (Wildman–Crippen MR) is 115 cm³/mol. The third-order valence-corrected chi connectivity index (χ3v) is 5.32. The molecule has 0 aliphatic heterocycles. The molecular weight excluding hydrogens is 360 g/mol. The fourth-order valence-corrected chi connectivity index (χ4v) is 3.82. The van der Waals surface area contributed by atoms with E-state index in [1.165, 1.54) is 17.5 Å². The van der Waals surface area contributed by atoms with Crippen LogP contribution in [-0.4, -0.2) is 11.8 Å². The second-order valence-corrected chi connectivity index (χ2v) is 7.39. The average molecular weight is 384 g/mol. The number of aryl methyl sites for hydroxylation is 2. The van der Waals surface area contributed by atoms with E-state index in [2.05, 4.69) is 22.8 Å². The smallest absolute Gasteiger partial charge is 0.251 e. The first-order chi connectivity index (χ1) is 14.2. The summed E-state index contributed by atoms with van der Waals surface area (Å²) in [6, 6.07) is 24.4. The summed E-state index contributed by atoms with van der Waals surface area (Å²) in [7, 11) is 0. The maximum absolute atomic E-state index is 12.8. The fourth-order valence-electron chi connectivity index (χ4n) is 3.82. The molecule has 1 atom stereocenters. The zero-order chi connectivity index (χ0) is 20.1. The van der Waals surface area contributed by atoms with Gasteiger partial charge < -0.3 is 10.6 Å². The number of benzene rings is 3. The lowest BCUT2D eigenvalue weighted by atomic mass is 10.0. The summed E-state index contributed by atoms with van der Waals surface area (Å²) in [5.74, 6) is -0.310. The van der Waals surface area contributed by atoms with Gasteiger partial charge in [-0.05, 0) is 60.2 Å². The number of amides is 2. The van der Waals surface area contributed by atoms with Crippen molar-refractivity contribution in [3.63, 3.8) is 0 Å². The van der Waals surface area contributed by atoms with Gasteiger partial charge in [0.25, 0.3) is 5.91 Å². The summed E-state index contributed by atoms with van der Waals surface area (Å²) in [4.78, 5) is 25.4. The molecule has 0 saturated carbocycles. The Labute approximate surface area is 171 Å². The lowest BCUT2D eigenvalue weighted by Gasteiger charge is -2.19. The standard InChI is InChI=1S/C25H24N2O2/c28-24(26-22-15-14-18-12-7-13-21(18)16-22)17-23(19-8-3-1-4-9-19)27-25(29)20-10-5-2-6-11-20/h1-6,8-11,14-16,23H,7,12-13,17H2,(H,26,28)(H,27,29)/t23-/m0/s1. The van der Waals surface area contributed by atoms with E-state index in [1.807, 2.05) is 54.6 Å². The second kappa shape index (κ2) is 8.74. The Bertz CT molecular complexity index is 1000. The van der Waals surface area contributed by atoms with Gasteiger partial charge in [-0.2, -0.15) is 0 Å². The molecule has 3 aromatic rings. The second-order valence-electron chi connectivity index (χ2n) is 7.39. The molecule has 4 heteroatoms. The Kier molecular flexibility index (Phi) is 5.71. The number of carbonyl (C=O) groups is 2. The molecule has 0 saturated heterocycles. The Balaban J connectivity index is 1.47. The lowest BCUT2D eigenvalue weighted by Crippen LogP contribution is -2.31. The Morgan fingerprint density at radius 3 is 2.28 bits per heavy atom. The first kappa shape index (κ1) is 18.9. The van der Waals surface area contributed by atoms with Crippen molar-refractivity contribution in [1.82, 2.24) is 5.32 Å². The highest BCUT2D eigenvalue weighted by molar-refractivity contribution is 5.95. The van der Waals surface area contributed by atoms with Gasteiger partial charge in [0.1, 0.15) is 0 Å². The Morgan fingerprint density at radius 1 is 0.828 bits per heavy atom. The molecule has 0 heterocycles. The molecule has 0 aromatic heterocycles. The number of rotatable bonds is 6. The van der Waals surface area contributed by atoms with Crippen molar-refractivity contribution in [2.24, 2.45) is 0 Å². The van der Waals surface area contributed by atoms with E-state index in [1.54, 1.807) is 12.1 Å². The molecule has 0 radical (unpaired) electrons. The van der Waals surface area contributed by atoms with E-state index < -0.39 is 6.04 Å². The van der Waals surface area contributed by atoms with E-state index in [9.17, 15) is 9.59 Å². The van der Waals surface area contributed by atoms with Crippen LogP contribution in [0.25, 0.3) is 0 Å². The summed E-state index contributed by atoms with van der Waals surface area (Å²) in [6.07, 6.45) is 3.53. The molecule has 0 unspecified atom stereocenters. The molecule has 1 aliphatic rings. The highest BCUT2D eigenvalue weighted by atomic mass is 16.2. The van der Waals surface area contributed by atoms with Crippen LogP contribution in [0, 0.1) is 0 Å². The zero-order valence-electron chi connectivity index (χ0n) is 16.2. The van der Waals surface area contributed by atoms with Crippen LogP contribution >= 0.6 is 0 Å². The van der Waals surface area contributed by atoms with Crippen LogP contribution < -0.4 is 10.6 Å². The van der Waals surface area contributed by atoms with Crippen LogP contribution in [0.15, 0.2) is 78.9 Å². The highest BCUT2D eigenvalue weighted by Crippen LogP contribution is 2.25. The van der Waals surface area contributed by atoms with Crippen molar-refractivity contribution in [3.05, 3.63) is 101 Å². The summed E-state index contributed by atoms with van der Waals surface area (Å²) >= 11 is 0. The van der Waals surface area contributed by atoms with Crippen LogP contribution in [0.5, 0.6) is 0 Å². The van der Waals surface area contributed by atoms with Crippen LogP contribution in [-0.2, 0) is 17.6 Å². The van der Waals surface area contributed by atoms with E-state index in [-0.39, 0.29) is 18.2 Å². The molecule has 0 bridgehead atoms. The molecule has 4 nitrogen and oxygen atoms in total. The molecule has 0 fully saturated rings. The van der Waals surface area contributed by atoms with Gasteiger partial charge in [0.15, 0.2) is 0 Å². The molecule has 0 spiro atoms. The summed E-state index contributed by atoms with van der Waals surface area (Å²) in [5.41, 5.74) is 4.99. The van der Waals surface area contributed by atoms with Gasteiger partial charge in [-0.15, -0.1) is 0 Å². The molecule has 3 aromatic carbocycles. The monoisotopic (exact) mass is 384 g/mol. The van der Waals surface area contributed by atoms with E-state index in [0.29, 0.717) is 5.56 Å². The van der Waals surface area contributed by atoms with Crippen LogP contribution in [0.3, 0.4) is 0 Å². The van der Waals surface area contributed by atoms with Crippen molar-refractivity contribution < 1.29 is 9.59 Å². The van der Waals surface area contributed by atoms with Gasteiger partial charge in [0, 0.05) is 11.3 Å². The van der Waals surface area contributed by atoms with Crippen LogP contribution in [0.1, 0.15) is 45.9 Å². The minimum absolute atomic E-state index is 0.120. The Hall–Kier alpha value is -3.40. The van der Waals surface area contributed by atoms with Crippen molar-refractivity contribution in [3.8, 4) is 0 Å². The van der Waals surface area contributed by atoms with Gasteiger partial charge in [0.2, 0.25) is 5.91 Å². The van der Waals surface area contributed by atoms with Gasteiger partial charge in [-0.1, -0.05) is 54.6 Å². The van der Waals surface area contributed by atoms with Gasteiger partial charge in [-0.25, -0.2) is 0 Å². The number of fused-ring (bicyclic) bond motifs is 1. The molecular formula is C25H24N2O2. The third kappa shape index (κ3) is 4.72. The third-order valence-electron chi connectivity index (χ3n) is 5.32. The lowest BCUT2D eigenvalue weighted by molar-refractivity contribution is -0.116. The largest absolute Gasteiger partial charge is 0.345 e. The summed E-state index contributed by atoms with van der Waals surface area (Å²) in [5, 5.41) is 6.00. The highest BCUT2D eigenvalue weighted by Gasteiger charge is 2.20.